The highest BCUT2D eigenvalue weighted by molar-refractivity contribution is 7.08. The van der Waals surface area contributed by atoms with Crippen molar-refractivity contribution >= 4 is 29.2 Å². The van der Waals surface area contributed by atoms with Crippen LogP contribution in [0.4, 0.5) is 10.6 Å². The Hall–Kier alpha value is -1.88. The van der Waals surface area contributed by atoms with Crippen molar-refractivity contribution in [1.82, 2.24) is 10.2 Å². The van der Waals surface area contributed by atoms with Gasteiger partial charge in [0.1, 0.15) is 6.54 Å². The number of piperidine rings is 3. The molecule has 2 aromatic rings. The van der Waals surface area contributed by atoms with Crippen molar-refractivity contribution < 1.29 is 40.9 Å². The molecule has 1 unspecified atom stereocenters. The molecule has 184 valence electrons. The fraction of sp³-hybridized carbons (Fsp3) is 0.583. The number of nitrogens with one attached hydrogen (secondary N) is 1. The Morgan fingerprint density at radius 2 is 1.91 bits per heavy atom. The lowest BCUT2D eigenvalue weighted by Gasteiger charge is -2.50. The zero-order valence-corrected chi connectivity index (χ0v) is 21.5. The molecule has 1 aliphatic carbocycles. The number of amides is 2. The molecule has 4 fully saturated rings. The van der Waals surface area contributed by atoms with Crippen LogP contribution in [-0.2, 0) is 15.1 Å². The number of thiophene rings is 1. The van der Waals surface area contributed by atoms with Crippen molar-refractivity contribution in [3.8, 4) is 0 Å². The molecule has 2 N–H and O–H groups in total. The Morgan fingerprint density at radius 3 is 2.56 bits per heavy atom. The number of fused-ring (bicyclic) bond motifs is 3. The molecule has 4 aliphatic rings. The number of quaternary nitrogens is 1. The molecule has 2 atom stereocenters. The number of aromatic nitrogens is 2. The molecule has 3 aliphatic heterocycles. The summed E-state index contributed by atoms with van der Waals surface area (Å²) in [5.74, 6) is -0.0618. The van der Waals surface area contributed by atoms with E-state index in [1.54, 1.807) is 18.3 Å². The van der Waals surface area contributed by atoms with Crippen LogP contribution in [0.3, 0.4) is 0 Å². The number of carbonyl (C=O) groups excluding carboxylic acids is 2. The van der Waals surface area contributed by atoms with E-state index >= 15 is 0 Å². The number of hydrogen-bond donors (Lipinski definition) is 2. The van der Waals surface area contributed by atoms with E-state index in [4.69, 9.17) is 4.74 Å². The third-order valence-corrected chi connectivity index (χ3v) is 8.56. The lowest BCUT2D eigenvalue weighted by Crippen LogP contribution is -3.00. The van der Waals surface area contributed by atoms with Crippen molar-refractivity contribution in [2.75, 3.05) is 25.0 Å². The minimum absolute atomic E-state index is 0. The van der Waals surface area contributed by atoms with Crippen LogP contribution in [0, 0.1) is 11.8 Å². The monoisotopic (exact) mass is 550 g/mol. The first-order chi connectivity index (χ1) is 16.0. The molecule has 8 nitrogen and oxygen atoms in total. The topological polar surface area (TPSA) is 101 Å². The molecule has 2 amide bonds. The van der Waals surface area contributed by atoms with Crippen molar-refractivity contribution in [2.24, 2.45) is 11.8 Å². The first kappa shape index (κ1) is 25.2. The van der Waals surface area contributed by atoms with Gasteiger partial charge in [0.25, 0.3) is 0 Å². The van der Waals surface area contributed by atoms with Gasteiger partial charge in [-0.05, 0) is 41.8 Å². The molecule has 3 saturated heterocycles. The third kappa shape index (κ3) is 4.65. The van der Waals surface area contributed by atoms with Crippen LogP contribution in [-0.4, -0.2) is 57.5 Å². The molecule has 2 bridgehead atoms. The first-order valence-corrected chi connectivity index (χ1v) is 12.9. The average Bonchev–Trinajstić information content (AvgIpc) is 3.41. The van der Waals surface area contributed by atoms with Gasteiger partial charge >= 0.3 is 12.0 Å². The van der Waals surface area contributed by atoms with Crippen molar-refractivity contribution in [3.05, 3.63) is 40.7 Å². The zero-order valence-electron chi connectivity index (χ0n) is 19.1. The minimum atomic E-state index is -1.63. The summed E-state index contributed by atoms with van der Waals surface area (Å²) in [7, 11) is 0. The lowest BCUT2D eigenvalue weighted by molar-refractivity contribution is -0.869. The van der Waals surface area contributed by atoms with Crippen LogP contribution in [0.2, 0.25) is 0 Å². The Bertz CT molecular complexity index is 978. The van der Waals surface area contributed by atoms with Crippen LogP contribution >= 0.6 is 11.3 Å². The molecule has 34 heavy (non-hydrogen) atoms. The molecule has 1 saturated carbocycles. The van der Waals surface area contributed by atoms with Gasteiger partial charge in [-0.15, -0.1) is 5.10 Å². The summed E-state index contributed by atoms with van der Waals surface area (Å²) in [5.41, 5.74) is -0.992. The number of esters is 1. The maximum absolute atomic E-state index is 13.6. The van der Waals surface area contributed by atoms with Crippen LogP contribution in [0.25, 0.3) is 0 Å². The number of rotatable bonds is 5. The van der Waals surface area contributed by atoms with Gasteiger partial charge < -0.3 is 26.8 Å². The van der Waals surface area contributed by atoms with Gasteiger partial charge in [0.2, 0.25) is 0 Å². The van der Waals surface area contributed by atoms with Crippen molar-refractivity contribution in [2.45, 2.75) is 56.7 Å². The Balaban J connectivity index is 0.00000274. The summed E-state index contributed by atoms with van der Waals surface area (Å²) in [6.45, 7) is 1.84. The summed E-state index contributed by atoms with van der Waals surface area (Å²) in [4.78, 5) is 26.8. The number of ether oxygens (including phenoxy) is 1. The summed E-state index contributed by atoms with van der Waals surface area (Å²) in [6, 6.07) is 5.13. The van der Waals surface area contributed by atoms with Gasteiger partial charge in [0.15, 0.2) is 17.5 Å². The van der Waals surface area contributed by atoms with Crippen molar-refractivity contribution in [3.63, 3.8) is 0 Å². The maximum Gasteiger partial charge on any atom is 0.422 e. The lowest BCUT2D eigenvalue weighted by atomic mass is 9.74. The molecule has 0 radical (unpaired) electrons. The van der Waals surface area contributed by atoms with E-state index < -0.39 is 11.6 Å². The normalized spacial score (nSPS) is 28.4. The summed E-state index contributed by atoms with van der Waals surface area (Å²) in [6.07, 6.45) is 7.59. The van der Waals surface area contributed by atoms with Crippen LogP contribution in [0.5, 0.6) is 0 Å². The maximum atomic E-state index is 13.6. The van der Waals surface area contributed by atoms with E-state index in [2.05, 4.69) is 15.5 Å². The summed E-state index contributed by atoms with van der Waals surface area (Å²) < 4.78 is 6.30. The predicted molar refractivity (Wildman–Crippen MR) is 123 cm³/mol. The molecule has 10 heteroatoms. The van der Waals surface area contributed by atoms with Crippen LogP contribution in [0.1, 0.15) is 50.5 Å². The van der Waals surface area contributed by atoms with Crippen LogP contribution in [0.15, 0.2) is 35.2 Å². The fourth-order valence-corrected chi connectivity index (χ4v) is 6.60. The van der Waals surface area contributed by atoms with E-state index in [1.165, 1.54) is 11.3 Å². The van der Waals surface area contributed by atoms with E-state index in [0.29, 0.717) is 31.0 Å². The Kier molecular flexibility index (Phi) is 7.71. The number of aliphatic hydroxyl groups is 1. The highest BCUT2D eigenvalue weighted by Crippen LogP contribution is 2.43. The van der Waals surface area contributed by atoms with E-state index in [-0.39, 0.29) is 45.4 Å². The number of nitrogens with zero attached hydrogens (tertiary/aromatic N) is 3. The minimum Gasteiger partial charge on any atom is -1.00 e. The molecular formula is C24H31BrN4O4S. The molecule has 6 rings (SSSR count). The van der Waals surface area contributed by atoms with E-state index in [0.717, 1.165) is 44.9 Å². The molecule has 5 heterocycles. The second kappa shape index (κ2) is 10.4. The van der Waals surface area contributed by atoms with E-state index in [9.17, 15) is 14.7 Å². The first-order valence-electron chi connectivity index (χ1n) is 11.9. The SMILES string of the molecule is O=C(O[C@H]1C[N+]2(C(=O)Nc3cccnn3)CCC1CC2)C(O)(c1ccsc1)C1CCCCC1.[Br-]. The predicted octanol–water partition coefficient (Wildman–Crippen LogP) is 0.694. The average molecular weight is 552 g/mol. The summed E-state index contributed by atoms with van der Waals surface area (Å²) >= 11 is 1.48. The highest BCUT2D eigenvalue weighted by atomic mass is 79.9. The van der Waals surface area contributed by atoms with Gasteiger partial charge in [-0.25, -0.2) is 14.1 Å². The molecular weight excluding hydrogens is 520 g/mol. The second-order valence-corrected chi connectivity index (χ2v) is 10.5. The largest absolute Gasteiger partial charge is 1.00 e. The smallest absolute Gasteiger partial charge is 0.422 e. The quantitative estimate of drug-likeness (QED) is 0.419. The molecule has 0 spiro atoms. The van der Waals surface area contributed by atoms with Crippen LogP contribution < -0.4 is 22.3 Å². The van der Waals surface area contributed by atoms with Gasteiger partial charge in [0.05, 0.1) is 13.1 Å². The third-order valence-electron chi connectivity index (χ3n) is 7.88. The van der Waals surface area contributed by atoms with E-state index in [1.807, 2.05) is 16.8 Å². The molecule has 0 aromatic carbocycles. The summed E-state index contributed by atoms with van der Waals surface area (Å²) in [5, 5.41) is 26.2. The number of hydrogen-bond acceptors (Lipinski definition) is 7. The number of carbonyl (C=O) groups is 2. The molecule has 2 aromatic heterocycles. The highest BCUT2D eigenvalue weighted by Gasteiger charge is 2.55. The second-order valence-electron chi connectivity index (χ2n) is 9.71. The fourth-order valence-electron chi connectivity index (χ4n) is 5.90. The standard InChI is InChI=1S/C24H30N4O4S.BrH/c29-22(24(31,19-10-14-33-16-19)18-5-2-1-3-6-18)32-20-15-28(12-8-17(20)9-13-28)23(30)26-21-7-4-11-25-27-21;/h4,7,10-11,14,16-18,20,31H,1-3,5-6,8-9,12-13,15H2;1H/t17?,20-,24?,28?;/m0./s1. The van der Waals surface area contributed by atoms with Crippen molar-refractivity contribution in [1.29, 1.82) is 0 Å². The van der Waals surface area contributed by atoms with Gasteiger partial charge in [0, 0.05) is 36.4 Å². The number of urea groups is 1. The Morgan fingerprint density at radius 1 is 1.15 bits per heavy atom. The van der Waals surface area contributed by atoms with Gasteiger partial charge in [-0.1, -0.05) is 19.3 Å². The van der Waals surface area contributed by atoms with Gasteiger partial charge in [-0.2, -0.15) is 16.4 Å². The Labute approximate surface area is 214 Å². The van der Waals surface area contributed by atoms with Gasteiger partial charge in [-0.3, -0.25) is 5.32 Å². The number of anilines is 1. The zero-order chi connectivity index (χ0) is 22.9. The number of halogens is 1.